The Kier molecular flexibility index (Phi) is 2.95. The summed E-state index contributed by atoms with van der Waals surface area (Å²) in [6.45, 7) is 1.47. The number of nitrogens with one attached hydrogen (secondary N) is 1. The van der Waals surface area contributed by atoms with E-state index < -0.39 is 0 Å². The molecule has 1 N–H and O–H groups in total. The largest absolute Gasteiger partial charge is 0.459 e. The lowest BCUT2D eigenvalue weighted by Crippen LogP contribution is -2.40. The van der Waals surface area contributed by atoms with Gasteiger partial charge >= 0.3 is 0 Å². The van der Waals surface area contributed by atoms with E-state index in [2.05, 4.69) is 26.9 Å². The van der Waals surface area contributed by atoms with E-state index in [1.54, 1.807) is 24.7 Å². The van der Waals surface area contributed by atoms with E-state index in [-0.39, 0.29) is 17.4 Å². The number of aromatic nitrogens is 3. The zero-order valence-electron chi connectivity index (χ0n) is 14.0. The molecule has 0 unspecified atom stereocenters. The number of hydrogen-bond acceptors (Lipinski definition) is 5. The topological polar surface area (TPSA) is 78.3 Å². The van der Waals surface area contributed by atoms with Crippen LogP contribution < -0.4 is 4.90 Å². The maximum absolute atomic E-state index is 12.7. The molecule has 0 radical (unpaired) electrons. The van der Waals surface area contributed by atoms with E-state index in [0.29, 0.717) is 12.3 Å². The van der Waals surface area contributed by atoms with Gasteiger partial charge in [0, 0.05) is 31.7 Å². The molecule has 2 fully saturated rings. The minimum atomic E-state index is -0.0262. The number of carbonyl (C=O) groups excluding carboxylic acids is 1. The summed E-state index contributed by atoms with van der Waals surface area (Å²) in [6.07, 6.45) is 7.30. The third kappa shape index (κ3) is 2.15. The number of H-pyrrole nitrogens is 1. The molecule has 1 aliphatic heterocycles. The first-order chi connectivity index (χ1) is 12.2. The summed E-state index contributed by atoms with van der Waals surface area (Å²) in [4.78, 5) is 28.7. The Labute approximate surface area is 144 Å². The number of carbonyl (C=O) groups is 1. The SMILES string of the molecule is CN(c1ncnc2[nH]ccc12)[C@H]1CN(C(=O)c2ccco2)CC12CC2. The molecule has 1 amide bonds. The molecule has 4 heterocycles. The zero-order chi connectivity index (χ0) is 17.0. The Bertz CT molecular complexity index is 928. The Morgan fingerprint density at radius 3 is 3.04 bits per heavy atom. The molecule has 1 atom stereocenters. The van der Waals surface area contributed by atoms with Gasteiger partial charge in [0.05, 0.1) is 17.7 Å². The van der Waals surface area contributed by atoms with Crippen LogP contribution in [0.2, 0.25) is 0 Å². The van der Waals surface area contributed by atoms with Crippen LogP contribution in [0.3, 0.4) is 0 Å². The van der Waals surface area contributed by atoms with Crippen molar-refractivity contribution < 1.29 is 9.21 Å². The van der Waals surface area contributed by atoms with Gasteiger partial charge in [-0.2, -0.15) is 0 Å². The van der Waals surface area contributed by atoms with Crippen LogP contribution in [0.1, 0.15) is 23.4 Å². The van der Waals surface area contributed by atoms with Crippen molar-refractivity contribution >= 4 is 22.8 Å². The predicted molar refractivity (Wildman–Crippen MR) is 92.4 cm³/mol. The van der Waals surface area contributed by atoms with Gasteiger partial charge in [0.2, 0.25) is 0 Å². The summed E-state index contributed by atoms with van der Waals surface area (Å²) in [5.41, 5.74) is 1.01. The first-order valence-electron chi connectivity index (χ1n) is 8.52. The van der Waals surface area contributed by atoms with E-state index in [1.807, 2.05) is 17.2 Å². The van der Waals surface area contributed by atoms with Crippen LogP contribution in [0.5, 0.6) is 0 Å². The second-order valence-electron chi connectivity index (χ2n) is 7.09. The fourth-order valence-electron chi connectivity index (χ4n) is 4.14. The average Bonchev–Trinajstić information content (AvgIpc) is 3.07. The van der Waals surface area contributed by atoms with Crippen molar-refractivity contribution in [3.8, 4) is 0 Å². The minimum absolute atomic E-state index is 0.0262. The zero-order valence-corrected chi connectivity index (χ0v) is 14.0. The van der Waals surface area contributed by atoms with Crippen LogP contribution in [-0.2, 0) is 0 Å². The highest BCUT2D eigenvalue weighted by Crippen LogP contribution is 2.55. The van der Waals surface area contributed by atoms with Crippen LogP contribution >= 0.6 is 0 Å². The van der Waals surface area contributed by atoms with Crippen molar-refractivity contribution in [2.75, 3.05) is 25.0 Å². The highest BCUT2D eigenvalue weighted by molar-refractivity contribution is 5.92. The second-order valence-corrected chi connectivity index (χ2v) is 7.09. The number of aromatic amines is 1. The minimum Gasteiger partial charge on any atom is -0.459 e. The number of nitrogens with zero attached hydrogens (tertiary/aromatic N) is 4. The molecular weight excluding hydrogens is 318 g/mol. The Morgan fingerprint density at radius 1 is 1.40 bits per heavy atom. The highest BCUT2D eigenvalue weighted by atomic mass is 16.3. The van der Waals surface area contributed by atoms with Gasteiger partial charge in [0.1, 0.15) is 17.8 Å². The van der Waals surface area contributed by atoms with Crippen molar-refractivity contribution in [3.63, 3.8) is 0 Å². The van der Waals surface area contributed by atoms with Crippen LogP contribution in [0, 0.1) is 5.41 Å². The van der Waals surface area contributed by atoms with Crippen molar-refractivity contribution in [2.24, 2.45) is 5.41 Å². The monoisotopic (exact) mass is 337 g/mol. The summed E-state index contributed by atoms with van der Waals surface area (Å²) in [6, 6.07) is 5.73. The summed E-state index contributed by atoms with van der Waals surface area (Å²) in [5, 5.41) is 1.01. The van der Waals surface area contributed by atoms with Crippen molar-refractivity contribution in [1.82, 2.24) is 19.9 Å². The quantitative estimate of drug-likeness (QED) is 0.793. The average molecular weight is 337 g/mol. The molecule has 1 spiro atoms. The Balaban J connectivity index is 1.45. The van der Waals surface area contributed by atoms with Gasteiger partial charge in [0.25, 0.3) is 5.91 Å². The molecule has 1 saturated heterocycles. The van der Waals surface area contributed by atoms with Crippen LogP contribution in [0.15, 0.2) is 41.4 Å². The van der Waals surface area contributed by atoms with Crippen LogP contribution in [-0.4, -0.2) is 51.9 Å². The number of furan rings is 1. The number of amides is 1. The fourth-order valence-corrected chi connectivity index (χ4v) is 4.14. The molecule has 128 valence electrons. The molecule has 0 aromatic carbocycles. The number of fused-ring (bicyclic) bond motifs is 1. The summed E-state index contributed by atoms with van der Waals surface area (Å²) >= 11 is 0. The summed E-state index contributed by atoms with van der Waals surface area (Å²) < 4.78 is 5.29. The van der Waals surface area contributed by atoms with Gasteiger partial charge < -0.3 is 19.2 Å². The molecule has 0 bridgehead atoms. The first kappa shape index (κ1) is 14.5. The van der Waals surface area contributed by atoms with E-state index in [9.17, 15) is 4.79 Å². The van der Waals surface area contributed by atoms with Crippen molar-refractivity contribution in [3.05, 3.63) is 42.7 Å². The smallest absolute Gasteiger partial charge is 0.289 e. The molecule has 1 saturated carbocycles. The molecule has 1 aliphatic carbocycles. The standard InChI is InChI=1S/C18H19N5O2/c1-22(16-12-4-7-19-15(12)20-11-21-16)14-9-23(10-18(14)5-6-18)17(24)13-3-2-8-25-13/h2-4,7-8,11,14H,5-6,9-10H2,1H3,(H,19,20,21)/t14-/m0/s1. The van der Waals surface area contributed by atoms with E-state index in [4.69, 9.17) is 4.42 Å². The summed E-state index contributed by atoms with van der Waals surface area (Å²) in [5.74, 6) is 1.30. The Morgan fingerprint density at radius 2 is 2.28 bits per heavy atom. The molecule has 3 aromatic rings. The third-order valence-corrected chi connectivity index (χ3v) is 5.65. The molecule has 5 rings (SSSR count). The van der Waals surface area contributed by atoms with E-state index >= 15 is 0 Å². The van der Waals surface area contributed by atoms with Crippen LogP contribution in [0.25, 0.3) is 11.0 Å². The molecule has 7 heteroatoms. The molecule has 7 nitrogen and oxygen atoms in total. The summed E-state index contributed by atoms with van der Waals surface area (Å²) in [7, 11) is 2.07. The van der Waals surface area contributed by atoms with Gasteiger partial charge in [-0.3, -0.25) is 4.79 Å². The lowest BCUT2D eigenvalue weighted by Gasteiger charge is -2.30. The van der Waals surface area contributed by atoms with Gasteiger partial charge in [-0.05, 0) is 31.0 Å². The van der Waals surface area contributed by atoms with Gasteiger partial charge in [0.15, 0.2) is 5.76 Å². The van der Waals surface area contributed by atoms with Crippen molar-refractivity contribution in [1.29, 1.82) is 0 Å². The van der Waals surface area contributed by atoms with Gasteiger partial charge in [-0.25, -0.2) is 9.97 Å². The highest BCUT2D eigenvalue weighted by Gasteiger charge is 2.58. The third-order valence-electron chi connectivity index (χ3n) is 5.65. The van der Waals surface area contributed by atoms with Crippen LogP contribution in [0.4, 0.5) is 5.82 Å². The maximum atomic E-state index is 12.7. The van der Waals surface area contributed by atoms with E-state index in [0.717, 1.165) is 36.2 Å². The van der Waals surface area contributed by atoms with Gasteiger partial charge in [-0.15, -0.1) is 0 Å². The number of likely N-dealkylation sites (tertiary alicyclic amines) is 1. The lowest BCUT2D eigenvalue weighted by molar-refractivity contribution is 0.0752. The number of rotatable bonds is 3. The number of anilines is 1. The first-order valence-corrected chi connectivity index (χ1v) is 8.52. The normalized spacial score (nSPS) is 21.2. The van der Waals surface area contributed by atoms with Crippen molar-refractivity contribution in [2.45, 2.75) is 18.9 Å². The predicted octanol–water partition coefficient (Wildman–Crippen LogP) is 2.29. The van der Waals surface area contributed by atoms with Gasteiger partial charge in [-0.1, -0.05) is 0 Å². The Hall–Kier alpha value is -2.83. The molecule has 3 aromatic heterocycles. The fraction of sp³-hybridized carbons (Fsp3) is 0.389. The molecular formula is C18H19N5O2. The van der Waals surface area contributed by atoms with E-state index in [1.165, 1.54) is 0 Å². The number of likely N-dealkylation sites (N-methyl/N-ethyl adjacent to an activating group) is 1. The molecule has 25 heavy (non-hydrogen) atoms. The maximum Gasteiger partial charge on any atom is 0.289 e. The second kappa shape index (κ2) is 5.08. The molecule has 2 aliphatic rings. The number of hydrogen-bond donors (Lipinski definition) is 1. The lowest BCUT2D eigenvalue weighted by atomic mass is 9.99.